The van der Waals surface area contributed by atoms with Crippen molar-refractivity contribution in [3.8, 4) is 5.75 Å². The van der Waals surface area contributed by atoms with Gasteiger partial charge in [-0.2, -0.15) is 0 Å². The Morgan fingerprint density at radius 2 is 1.83 bits per heavy atom. The van der Waals surface area contributed by atoms with E-state index < -0.39 is 27.9 Å². The summed E-state index contributed by atoms with van der Waals surface area (Å²) < 4.78 is 36.0. The lowest BCUT2D eigenvalue weighted by Gasteiger charge is -2.28. The Hall–Kier alpha value is -3.07. The van der Waals surface area contributed by atoms with E-state index >= 15 is 0 Å². The van der Waals surface area contributed by atoms with Gasteiger partial charge in [0.25, 0.3) is 0 Å². The highest BCUT2D eigenvalue weighted by Crippen LogP contribution is 2.26. The highest BCUT2D eigenvalue weighted by molar-refractivity contribution is 7.92. The van der Waals surface area contributed by atoms with Gasteiger partial charge in [-0.3, -0.25) is 9.10 Å². The molecule has 2 aromatic rings. The third-order valence-corrected chi connectivity index (χ3v) is 5.32. The molecule has 8 nitrogen and oxygen atoms in total. The Morgan fingerprint density at radius 3 is 2.45 bits per heavy atom. The smallest absolute Gasteiger partial charge is 0.340 e. The number of carbonyl (C=O) groups is 2. The van der Waals surface area contributed by atoms with Gasteiger partial charge in [-0.1, -0.05) is 18.2 Å². The second kappa shape index (κ2) is 9.42. The fraction of sp³-hybridized carbons (Fsp3) is 0.300. The van der Waals surface area contributed by atoms with Gasteiger partial charge in [-0.05, 0) is 38.1 Å². The molecule has 1 unspecified atom stereocenters. The first-order valence-electron chi connectivity index (χ1n) is 8.89. The van der Waals surface area contributed by atoms with Crippen LogP contribution in [0.5, 0.6) is 5.75 Å². The van der Waals surface area contributed by atoms with Gasteiger partial charge < -0.3 is 14.8 Å². The molecule has 0 saturated carbocycles. The molecule has 0 heterocycles. The topological polar surface area (TPSA) is 102 Å². The van der Waals surface area contributed by atoms with E-state index in [-0.39, 0.29) is 23.5 Å². The maximum atomic E-state index is 12.9. The molecule has 0 aliphatic rings. The van der Waals surface area contributed by atoms with Crippen molar-refractivity contribution in [2.24, 2.45) is 0 Å². The molecule has 1 atom stereocenters. The van der Waals surface area contributed by atoms with Crippen molar-refractivity contribution in [1.29, 1.82) is 0 Å². The number of nitrogens with one attached hydrogen (secondary N) is 1. The minimum Gasteiger partial charge on any atom is -0.497 e. The minimum absolute atomic E-state index is 0.183. The summed E-state index contributed by atoms with van der Waals surface area (Å²) in [4.78, 5) is 25.0. The van der Waals surface area contributed by atoms with Crippen LogP contribution in [-0.2, 0) is 19.6 Å². The number of amides is 1. The van der Waals surface area contributed by atoms with Crippen LogP contribution in [0.25, 0.3) is 0 Å². The average molecular weight is 420 g/mol. The number of sulfonamides is 1. The lowest BCUT2D eigenvalue weighted by molar-refractivity contribution is -0.116. The van der Waals surface area contributed by atoms with E-state index in [0.29, 0.717) is 5.75 Å². The number of anilines is 2. The van der Waals surface area contributed by atoms with Crippen LogP contribution in [0.1, 0.15) is 24.2 Å². The van der Waals surface area contributed by atoms with Crippen LogP contribution in [0, 0.1) is 0 Å². The molecule has 2 rings (SSSR count). The quantitative estimate of drug-likeness (QED) is 0.659. The molecule has 1 N–H and O–H groups in total. The Balaban J connectivity index is 2.35. The number of hydrogen-bond donors (Lipinski definition) is 1. The Kier molecular flexibility index (Phi) is 7.22. The first kappa shape index (κ1) is 22.2. The Labute approximate surface area is 170 Å². The molecule has 0 aliphatic carbocycles. The van der Waals surface area contributed by atoms with Crippen molar-refractivity contribution in [3.63, 3.8) is 0 Å². The summed E-state index contributed by atoms with van der Waals surface area (Å²) in [6.07, 6.45) is 1.02. The number of rotatable bonds is 8. The third kappa shape index (κ3) is 5.47. The summed E-state index contributed by atoms with van der Waals surface area (Å²) in [6.45, 7) is 3.33. The van der Waals surface area contributed by atoms with Crippen molar-refractivity contribution in [3.05, 3.63) is 54.1 Å². The predicted molar refractivity (Wildman–Crippen MR) is 111 cm³/mol. The van der Waals surface area contributed by atoms with Crippen LogP contribution in [0.3, 0.4) is 0 Å². The zero-order chi connectivity index (χ0) is 21.6. The standard InChI is InChI=1S/C20H24N2O6S/c1-5-28-20(24)17-11-6-7-12-18(17)21-19(23)14(2)22(29(4,25)26)15-9-8-10-16(13-15)27-3/h6-14H,5H2,1-4H3,(H,21,23). The molecule has 0 fully saturated rings. The van der Waals surface area contributed by atoms with Gasteiger partial charge in [0.05, 0.1) is 36.9 Å². The Bertz CT molecular complexity index is 990. The number of ether oxygens (including phenoxy) is 2. The van der Waals surface area contributed by atoms with Crippen LogP contribution in [-0.4, -0.2) is 46.3 Å². The zero-order valence-corrected chi connectivity index (χ0v) is 17.5. The molecule has 9 heteroatoms. The van der Waals surface area contributed by atoms with E-state index in [0.717, 1.165) is 10.6 Å². The maximum Gasteiger partial charge on any atom is 0.340 e. The molecule has 1 amide bonds. The number of nitrogens with zero attached hydrogens (tertiary/aromatic N) is 1. The number of para-hydroxylation sites is 1. The summed E-state index contributed by atoms with van der Waals surface area (Å²) in [7, 11) is -2.32. The van der Waals surface area contributed by atoms with Crippen LogP contribution in [0.2, 0.25) is 0 Å². The fourth-order valence-corrected chi connectivity index (χ4v) is 3.94. The fourth-order valence-electron chi connectivity index (χ4n) is 2.77. The van der Waals surface area contributed by atoms with E-state index in [9.17, 15) is 18.0 Å². The van der Waals surface area contributed by atoms with Gasteiger partial charge in [0.2, 0.25) is 15.9 Å². The molecule has 0 saturated heterocycles. The molecule has 0 bridgehead atoms. The van der Waals surface area contributed by atoms with Crippen LogP contribution in [0.15, 0.2) is 48.5 Å². The van der Waals surface area contributed by atoms with Crippen LogP contribution < -0.4 is 14.4 Å². The summed E-state index contributed by atoms with van der Waals surface area (Å²) in [5.41, 5.74) is 0.706. The van der Waals surface area contributed by atoms with Gasteiger partial charge in [0.1, 0.15) is 11.8 Å². The number of esters is 1. The van der Waals surface area contributed by atoms with Gasteiger partial charge >= 0.3 is 5.97 Å². The minimum atomic E-state index is -3.79. The summed E-state index contributed by atoms with van der Waals surface area (Å²) in [5.74, 6) is -0.727. The molecular formula is C20H24N2O6S. The molecule has 0 aromatic heterocycles. The average Bonchev–Trinajstić information content (AvgIpc) is 2.67. The van der Waals surface area contributed by atoms with Crippen molar-refractivity contribution < 1.29 is 27.5 Å². The van der Waals surface area contributed by atoms with Crippen molar-refractivity contribution in [2.75, 3.05) is 29.6 Å². The van der Waals surface area contributed by atoms with E-state index in [2.05, 4.69) is 5.32 Å². The first-order chi connectivity index (χ1) is 13.7. The van der Waals surface area contributed by atoms with E-state index in [1.54, 1.807) is 43.3 Å². The molecule has 0 radical (unpaired) electrons. The largest absolute Gasteiger partial charge is 0.497 e. The summed E-state index contributed by atoms with van der Waals surface area (Å²) in [6, 6.07) is 11.7. The van der Waals surface area contributed by atoms with E-state index in [1.807, 2.05) is 0 Å². The zero-order valence-electron chi connectivity index (χ0n) is 16.7. The van der Waals surface area contributed by atoms with Crippen molar-refractivity contribution in [2.45, 2.75) is 19.9 Å². The van der Waals surface area contributed by atoms with Crippen molar-refractivity contribution >= 4 is 33.3 Å². The molecule has 0 spiro atoms. The monoisotopic (exact) mass is 420 g/mol. The molecule has 29 heavy (non-hydrogen) atoms. The van der Waals surface area contributed by atoms with Gasteiger partial charge in [0, 0.05) is 6.07 Å². The highest BCUT2D eigenvalue weighted by Gasteiger charge is 2.30. The van der Waals surface area contributed by atoms with Crippen molar-refractivity contribution in [1.82, 2.24) is 0 Å². The lowest BCUT2D eigenvalue weighted by atomic mass is 10.1. The van der Waals surface area contributed by atoms with E-state index in [1.165, 1.54) is 26.2 Å². The molecule has 2 aromatic carbocycles. The van der Waals surface area contributed by atoms with E-state index in [4.69, 9.17) is 9.47 Å². The van der Waals surface area contributed by atoms with Crippen LogP contribution >= 0.6 is 0 Å². The Morgan fingerprint density at radius 1 is 1.14 bits per heavy atom. The van der Waals surface area contributed by atoms with Gasteiger partial charge in [-0.25, -0.2) is 13.2 Å². The second-order valence-corrected chi connectivity index (χ2v) is 8.05. The maximum absolute atomic E-state index is 12.9. The normalized spacial score (nSPS) is 12.0. The summed E-state index contributed by atoms with van der Waals surface area (Å²) >= 11 is 0. The number of methoxy groups -OCH3 is 1. The van der Waals surface area contributed by atoms with Crippen LogP contribution in [0.4, 0.5) is 11.4 Å². The first-order valence-corrected chi connectivity index (χ1v) is 10.7. The number of carbonyl (C=O) groups excluding carboxylic acids is 2. The lowest BCUT2D eigenvalue weighted by Crippen LogP contribution is -2.45. The predicted octanol–water partition coefficient (Wildman–Crippen LogP) is 2.67. The molecule has 156 valence electrons. The molecular weight excluding hydrogens is 396 g/mol. The third-order valence-electron chi connectivity index (χ3n) is 4.08. The SMILES string of the molecule is CCOC(=O)c1ccccc1NC(=O)C(C)N(c1cccc(OC)c1)S(C)(=O)=O. The molecule has 0 aliphatic heterocycles. The summed E-state index contributed by atoms with van der Waals surface area (Å²) in [5, 5.41) is 2.62. The number of benzene rings is 2. The second-order valence-electron chi connectivity index (χ2n) is 6.19. The highest BCUT2D eigenvalue weighted by atomic mass is 32.2. The van der Waals surface area contributed by atoms with Gasteiger partial charge in [-0.15, -0.1) is 0 Å². The number of hydrogen-bond acceptors (Lipinski definition) is 6. The van der Waals surface area contributed by atoms with Gasteiger partial charge in [0.15, 0.2) is 0 Å².